The zero-order valence-corrected chi connectivity index (χ0v) is 19.0. The molecule has 5 nitrogen and oxygen atoms in total. The first-order valence-electron chi connectivity index (χ1n) is 11.9. The normalized spacial score (nSPS) is 18.5. The van der Waals surface area contributed by atoms with Crippen molar-refractivity contribution in [1.82, 2.24) is 15.2 Å². The molecule has 1 atom stereocenters. The van der Waals surface area contributed by atoms with Crippen molar-refractivity contribution in [2.45, 2.75) is 25.7 Å². The van der Waals surface area contributed by atoms with Crippen LogP contribution in [-0.2, 0) is 11.2 Å². The molecule has 5 rings (SSSR count). The van der Waals surface area contributed by atoms with Gasteiger partial charge in [0.2, 0.25) is 5.91 Å². The van der Waals surface area contributed by atoms with Crippen LogP contribution in [-0.4, -0.2) is 41.3 Å². The highest BCUT2D eigenvalue weighted by Gasteiger charge is 2.58. The zero-order chi connectivity index (χ0) is 23.5. The van der Waals surface area contributed by atoms with Gasteiger partial charge in [0.25, 0.3) is 5.91 Å². The summed E-state index contributed by atoms with van der Waals surface area (Å²) in [5.74, 6) is -0.179. The molecule has 3 aromatic rings. The highest BCUT2D eigenvalue weighted by molar-refractivity contribution is 5.95. The minimum absolute atomic E-state index is 0.0286. The average Bonchev–Trinajstić information content (AvgIpc) is 3.58. The van der Waals surface area contributed by atoms with Crippen LogP contribution in [0.4, 0.5) is 4.39 Å². The van der Waals surface area contributed by atoms with Gasteiger partial charge in [0, 0.05) is 55.0 Å². The van der Waals surface area contributed by atoms with Crippen LogP contribution >= 0.6 is 0 Å². The van der Waals surface area contributed by atoms with Crippen LogP contribution in [0.5, 0.6) is 0 Å². The standard InChI is InChI=1S/C28H28FN3O2/c29-25-10-2-1-9-23(25)20-6-5-7-21(18-20)27(34)32-16-12-28(13-17-32)19-24(28)26(33)31-15-11-22-8-3-4-14-30-22/h1-10,14,18,24H,11-13,15-17,19H2,(H,31,33)/t24-/m0/s1. The second kappa shape index (κ2) is 9.37. The molecule has 1 aliphatic carbocycles. The molecule has 0 unspecified atom stereocenters. The molecule has 0 radical (unpaired) electrons. The molecule has 1 saturated heterocycles. The van der Waals surface area contributed by atoms with Gasteiger partial charge in [0.1, 0.15) is 5.82 Å². The Bertz CT molecular complexity index is 1190. The maximum atomic E-state index is 14.2. The van der Waals surface area contributed by atoms with Crippen LogP contribution in [0.1, 0.15) is 35.3 Å². The molecule has 34 heavy (non-hydrogen) atoms. The Labute approximate surface area is 199 Å². The third-order valence-corrected chi connectivity index (χ3v) is 7.25. The van der Waals surface area contributed by atoms with Crippen molar-refractivity contribution in [2.24, 2.45) is 11.3 Å². The fourth-order valence-corrected chi connectivity index (χ4v) is 5.11. The number of carbonyl (C=O) groups excluding carboxylic acids is 2. The lowest BCUT2D eigenvalue weighted by Crippen LogP contribution is -2.40. The van der Waals surface area contributed by atoms with E-state index in [0.717, 1.165) is 31.4 Å². The molecule has 0 bridgehead atoms. The Balaban J connectivity index is 1.15. The summed E-state index contributed by atoms with van der Waals surface area (Å²) < 4.78 is 14.2. The largest absolute Gasteiger partial charge is 0.355 e. The van der Waals surface area contributed by atoms with Gasteiger partial charge < -0.3 is 10.2 Å². The van der Waals surface area contributed by atoms with E-state index in [4.69, 9.17) is 0 Å². The summed E-state index contributed by atoms with van der Waals surface area (Å²) in [7, 11) is 0. The second-order valence-electron chi connectivity index (χ2n) is 9.33. The first-order valence-corrected chi connectivity index (χ1v) is 11.9. The van der Waals surface area contributed by atoms with Gasteiger partial charge in [0.05, 0.1) is 0 Å². The number of nitrogens with one attached hydrogen (secondary N) is 1. The van der Waals surface area contributed by atoms with E-state index in [2.05, 4.69) is 10.3 Å². The van der Waals surface area contributed by atoms with Gasteiger partial charge in [-0.25, -0.2) is 4.39 Å². The fraction of sp³-hybridized carbons (Fsp3) is 0.321. The summed E-state index contributed by atoms with van der Waals surface area (Å²) in [5, 5.41) is 3.06. The van der Waals surface area contributed by atoms with Crippen molar-refractivity contribution in [3.63, 3.8) is 0 Å². The van der Waals surface area contributed by atoms with E-state index in [9.17, 15) is 14.0 Å². The van der Waals surface area contributed by atoms with Gasteiger partial charge in [-0.15, -0.1) is 0 Å². The number of amides is 2. The summed E-state index contributed by atoms with van der Waals surface area (Å²) in [6, 6.07) is 19.6. The summed E-state index contributed by atoms with van der Waals surface area (Å²) in [5.41, 5.74) is 2.75. The maximum Gasteiger partial charge on any atom is 0.253 e. The Morgan fingerprint density at radius 1 is 1.03 bits per heavy atom. The van der Waals surface area contributed by atoms with Crippen molar-refractivity contribution in [3.05, 3.63) is 90.0 Å². The third kappa shape index (κ3) is 4.58. The number of halogens is 1. The number of likely N-dealkylation sites (tertiary alicyclic amines) is 1. The first kappa shape index (κ1) is 22.3. The number of benzene rings is 2. The quantitative estimate of drug-likeness (QED) is 0.593. The van der Waals surface area contributed by atoms with Crippen LogP contribution in [0.15, 0.2) is 72.9 Å². The highest BCUT2D eigenvalue weighted by Crippen LogP contribution is 2.59. The van der Waals surface area contributed by atoms with Crippen LogP contribution in [0, 0.1) is 17.2 Å². The summed E-state index contributed by atoms with van der Waals surface area (Å²) in [4.78, 5) is 32.0. The number of hydrogen-bond acceptors (Lipinski definition) is 3. The van der Waals surface area contributed by atoms with Crippen LogP contribution in [0.3, 0.4) is 0 Å². The lowest BCUT2D eigenvalue weighted by molar-refractivity contribution is -0.123. The number of carbonyl (C=O) groups is 2. The lowest BCUT2D eigenvalue weighted by Gasteiger charge is -2.33. The molecule has 2 aliphatic rings. The Kier molecular flexibility index (Phi) is 6.14. The number of rotatable bonds is 6. The molecule has 2 fully saturated rings. The molecule has 1 spiro atoms. The third-order valence-electron chi connectivity index (χ3n) is 7.25. The van der Waals surface area contributed by atoms with Gasteiger partial charge in [0.15, 0.2) is 0 Å². The van der Waals surface area contributed by atoms with Crippen molar-refractivity contribution in [2.75, 3.05) is 19.6 Å². The molecule has 6 heteroatoms. The van der Waals surface area contributed by atoms with Crippen LogP contribution in [0.2, 0.25) is 0 Å². The van der Waals surface area contributed by atoms with E-state index in [1.807, 2.05) is 29.2 Å². The predicted molar refractivity (Wildman–Crippen MR) is 128 cm³/mol. The van der Waals surface area contributed by atoms with E-state index in [1.165, 1.54) is 6.07 Å². The molecular weight excluding hydrogens is 429 g/mol. The molecular formula is C28H28FN3O2. The van der Waals surface area contributed by atoms with Gasteiger partial charge in [-0.1, -0.05) is 36.4 Å². The topological polar surface area (TPSA) is 62.3 Å². The predicted octanol–water partition coefficient (Wildman–Crippen LogP) is 4.49. The Morgan fingerprint density at radius 2 is 1.82 bits per heavy atom. The fourth-order valence-electron chi connectivity index (χ4n) is 5.11. The van der Waals surface area contributed by atoms with Crippen molar-refractivity contribution < 1.29 is 14.0 Å². The summed E-state index contributed by atoms with van der Waals surface area (Å²) in [6.45, 7) is 1.87. The molecule has 174 valence electrons. The van der Waals surface area contributed by atoms with Gasteiger partial charge >= 0.3 is 0 Å². The number of piperidine rings is 1. The number of pyridine rings is 1. The van der Waals surface area contributed by atoms with Crippen LogP contribution in [0.25, 0.3) is 11.1 Å². The van der Waals surface area contributed by atoms with E-state index in [-0.39, 0.29) is 29.0 Å². The second-order valence-corrected chi connectivity index (χ2v) is 9.33. The van der Waals surface area contributed by atoms with Crippen molar-refractivity contribution in [3.8, 4) is 11.1 Å². The van der Waals surface area contributed by atoms with Gasteiger partial charge in [-0.3, -0.25) is 14.6 Å². The minimum Gasteiger partial charge on any atom is -0.355 e. The molecule has 2 heterocycles. The lowest BCUT2D eigenvalue weighted by atomic mass is 9.90. The maximum absolute atomic E-state index is 14.2. The Morgan fingerprint density at radius 3 is 2.59 bits per heavy atom. The van der Waals surface area contributed by atoms with Crippen molar-refractivity contribution in [1.29, 1.82) is 0 Å². The van der Waals surface area contributed by atoms with E-state index >= 15 is 0 Å². The summed E-state index contributed by atoms with van der Waals surface area (Å²) in [6.07, 6.45) is 5.06. The molecule has 1 saturated carbocycles. The number of aromatic nitrogens is 1. The molecule has 1 aliphatic heterocycles. The highest BCUT2D eigenvalue weighted by atomic mass is 19.1. The van der Waals surface area contributed by atoms with Crippen molar-refractivity contribution >= 4 is 11.8 Å². The molecule has 1 N–H and O–H groups in total. The molecule has 1 aromatic heterocycles. The first-order chi connectivity index (χ1) is 16.6. The van der Waals surface area contributed by atoms with E-state index < -0.39 is 0 Å². The number of nitrogens with zero attached hydrogens (tertiary/aromatic N) is 2. The van der Waals surface area contributed by atoms with Gasteiger partial charge in [-0.05, 0) is 60.6 Å². The minimum atomic E-state index is -0.301. The van der Waals surface area contributed by atoms with E-state index in [1.54, 1.807) is 42.6 Å². The van der Waals surface area contributed by atoms with Gasteiger partial charge in [-0.2, -0.15) is 0 Å². The van der Waals surface area contributed by atoms with Crippen LogP contribution < -0.4 is 5.32 Å². The summed E-state index contributed by atoms with van der Waals surface area (Å²) >= 11 is 0. The molecule has 2 amide bonds. The zero-order valence-electron chi connectivity index (χ0n) is 19.0. The monoisotopic (exact) mass is 457 g/mol. The molecule has 2 aromatic carbocycles. The van der Waals surface area contributed by atoms with E-state index in [0.29, 0.717) is 36.3 Å². The number of hydrogen-bond donors (Lipinski definition) is 1. The Hall–Kier alpha value is -3.54. The SMILES string of the molecule is O=C(NCCc1ccccn1)[C@@H]1CC12CCN(C(=O)c1cccc(-c3ccccc3F)c1)CC2. The smallest absolute Gasteiger partial charge is 0.253 e. The average molecular weight is 458 g/mol.